The molecule has 0 fully saturated rings. The van der Waals surface area contributed by atoms with Gasteiger partial charge in [0, 0.05) is 23.4 Å². The summed E-state index contributed by atoms with van der Waals surface area (Å²) < 4.78 is 10.9. The molecule has 0 atom stereocenters. The van der Waals surface area contributed by atoms with Crippen LogP contribution in [0.4, 0.5) is 6.01 Å². The minimum atomic E-state index is 0.227. The topological polar surface area (TPSA) is 86.0 Å². The van der Waals surface area contributed by atoms with Crippen LogP contribution in [0.1, 0.15) is 30.7 Å². The van der Waals surface area contributed by atoms with Gasteiger partial charge in [-0.05, 0) is 49.6 Å². The normalized spacial score (nSPS) is 12.8. The zero-order valence-electron chi connectivity index (χ0n) is 14.9. The first-order valence-electron chi connectivity index (χ1n) is 8.45. The number of hydrogen-bond donors (Lipinski definition) is 1. The van der Waals surface area contributed by atoms with Gasteiger partial charge in [0.1, 0.15) is 0 Å². The number of rotatable bonds is 5. The molecule has 1 aromatic carbocycles. The lowest BCUT2D eigenvalue weighted by Crippen LogP contribution is -2.09. The highest BCUT2D eigenvalue weighted by molar-refractivity contribution is 5.84. The third kappa shape index (κ3) is 3.03. The fourth-order valence-corrected chi connectivity index (χ4v) is 2.94. The third-order valence-corrected chi connectivity index (χ3v) is 4.10. The van der Waals surface area contributed by atoms with Crippen molar-refractivity contribution in [2.75, 3.05) is 12.4 Å². The highest BCUT2D eigenvalue weighted by Crippen LogP contribution is 2.35. The van der Waals surface area contributed by atoms with E-state index >= 15 is 0 Å². The van der Waals surface area contributed by atoms with Gasteiger partial charge in [0.25, 0.3) is 0 Å². The largest absolute Gasteiger partial charge is 0.467 e. The van der Waals surface area contributed by atoms with E-state index in [-0.39, 0.29) is 6.04 Å². The highest BCUT2D eigenvalue weighted by Gasteiger charge is 2.19. The number of allylic oxidation sites excluding steroid dienone is 1. The Kier molecular flexibility index (Phi) is 4.12. The van der Waals surface area contributed by atoms with Crippen LogP contribution in [0.15, 0.2) is 41.0 Å². The van der Waals surface area contributed by atoms with E-state index in [0.717, 1.165) is 28.8 Å². The molecule has 0 aliphatic heterocycles. The number of aromatic nitrogens is 4. The molecule has 0 radical (unpaired) electrons. The molecule has 0 spiro atoms. The predicted molar refractivity (Wildman–Crippen MR) is 97.9 cm³/mol. The van der Waals surface area contributed by atoms with Gasteiger partial charge in [-0.1, -0.05) is 17.2 Å². The van der Waals surface area contributed by atoms with Crippen LogP contribution in [0.25, 0.3) is 17.0 Å². The number of anilines is 1. The molecule has 132 valence electrons. The molecule has 7 heteroatoms. The van der Waals surface area contributed by atoms with E-state index in [1.807, 2.05) is 26.0 Å². The van der Waals surface area contributed by atoms with Crippen molar-refractivity contribution in [1.82, 2.24) is 20.2 Å². The third-order valence-electron chi connectivity index (χ3n) is 4.10. The standard InChI is InChI=1S/C19H19N5O2/c1-11(2)21-19-24-23-17(26-19)13-5-4-12-6-7-14(15(12)10-13)16-8-9-20-18(22-16)25-3/h4-5,7-11H,6H2,1-3H3,(H,21,24). The van der Waals surface area contributed by atoms with Gasteiger partial charge in [-0.15, -0.1) is 5.10 Å². The summed E-state index contributed by atoms with van der Waals surface area (Å²) in [7, 11) is 1.56. The molecule has 4 rings (SSSR count). The van der Waals surface area contributed by atoms with Gasteiger partial charge in [-0.3, -0.25) is 0 Å². The molecule has 1 aliphatic carbocycles. The Morgan fingerprint density at radius 3 is 2.88 bits per heavy atom. The summed E-state index contributed by atoms with van der Waals surface area (Å²) in [6.45, 7) is 4.04. The SMILES string of the molecule is COc1nccc(C2=CCc3ccc(-c4nnc(NC(C)C)o4)cc32)n1. The van der Waals surface area contributed by atoms with Crippen molar-refractivity contribution in [3.8, 4) is 17.5 Å². The van der Waals surface area contributed by atoms with Gasteiger partial charge >= 0.3 is 12.0 Å². The van der Waals surface area contributed by atoms with Gasteiger partial charge < -0.3 is 14.5 Å². The van der Waals surface area contributed by atoms with Gasteiger partial charge in [-0.2, -0.15) is 4.98 Å². The lowest BCUT2D eigenvalue weighted by atomic mass is 10.0. The number of methoxy groups -OCH3 is 1. The zero-order valence-corrected chi connectivity index (χ0v) is 14.9. The minimum absolute atomic E-state index is 0.227. The Morgan fingerprint density at radius 1 is 1.19 bits per heavy atom. The fourth-order valence-electron chi connectivity index (χ4n) is 2.94. The first-order valence-corrected chi connectivity index (χ1v) is 8.45. The monoisotopic (exact) mass is 349 g/mol. The number of nitrogens with zero attached hydrogens (tertiary/aromatic N) is 4. The van der Waals surface area contributed by atoms with Crippen molar-refractivity contribution in [3.63, 3.8) is 0 Å². The van der Waals surface area contributed by atoms with Crippen molar-refractivity contribution >= 4 is 11.6 Å². The first kappa shape index (κ1) is 16.3. The highest BCUT2D eigenvalue weighted by atomic mass is 16.5. The molecule has 2 aromatic heterocycles. The lowest BCUT2D eigenvalue weighted by Gasteiger charge is -2.08. The van der Waals surface area contributed by atoms with Crippen LogP contribution >= 0.6 is 0 Å². The predicted octanol–water partition coefficient (Wildman–Crippen LogP) is 3.34. The second-order valence-corrected chi connectivity index (χ2v) is 6.33. The van der Waals surface area contributed by atoms with E-state index in [2.05, 4.69) is 43.7 Å². The van der Waals surface area contributed by atoms with Gasteiger partial charge in [0.05, 0.1) is 12.8 Å². The van der Waals surface area contributed by atoms with E-state index < -0.39 is 0 Å². The Bertz CT molecular complexity index is 978. The summed E-state index contributed by atoms with van der Waals surface area (Å²) in [5.41, 5.74) is 5.12. The number of fused-ring (bicyclic) bond motifs is 1. The van der Waals surface area contributed by atoms with E-state index in [9.17, 15) is 0 Å². The molecular weight excluding hydrogens is 330 g/mol. The van der Waals surface area contributed by atoms with Crippen molar-refractivity contribution < 1.29 is 9.15 Å². The molecule has 0 amide bonds. The summed E-state index contributed by atoms with van der Waals surface area (Å²) in [4.78, 5) is 8.52. The van der Waals surface area contributed by atoms with E-state index in [1.165, 1.54) is 5.56 Å². The summed E-state index contributed by atoms with van der Waals surface area (Å²) in [6, 6.07) is 9.05. The quantitative estimate of drug-likeness (QED) is 0.756. The average Bonchev–Trinajstić information content (AvgIpc) is 3.27. The molecule has 26 heavy (non-hydrogen) atoms. The van der Waals surface area contributed by atoms with Crippen molar-refractivity contribution in [1.29, 1.82) is 0 Å². The number of benzene rings is 1. The average molecular weight is 349 g/mol. The van der Waals surface area contributed by atoms with E-state index in [4.69, 9.17) is 9.15 Å². The molecule has 0 saturated heterocycles. The molecule has 0 saturated carbocycles. The first-order chi connectivity index (χ1) is 12.6. The molecule has 0 bridgehead atoms. The summed E-state index contributed by atoms with van der Waals surface area (Å²) in [6.07, 6.45) is 4.72. The Balaban J connectivity index is 1.68. The van der Waals surface area contributed by atoms with Gasteiger partial charge in [0.15, 0.2) is 0 Å². The smallest absolute Gasteiger partial charge is 0.316 e. The molecule has 2 heterocycles. The summed E-state index contributed by atoms with van der Waals surface area (Å²) in [5.74, 6) is 0.488. The van der Waals surface area contributed by atoms with E-state index in [1.54, 1.807) is 13.3 Å². The van der Waals surface area contributed by atoms with E-state index in [0.29, 0.717) is 17.9 Å². The molecule has 0 unspecified atom stereocenters. The Hall–Kier alpha value is -3.22. The maximum absolute atomic E-state index is 5.72. The number of hydrogen-bond acceptors (Lipinski definition) is 7. The van der Waals surface area contributed by atoms with Gasteiger partial charge in [0.2, 0.25) is 5.89 Å². The van der Waals surface area contributed by atoms with Crippen LogP contribution in [0.3, 0.4) is 0 Å². The van der Waals surface area contributed by atoms with Crippen LogP contribution in [-0.4, -0.2) is 33.3 Å². The number of nitrogens with one attached hydrogen (secondary N) is 1. The van der Waals surface area contributed by atoms with Crippen molar-refractivity contribution in [2.24, 2.45) is 0 Å². The Morgan fingerprint density at radius 2 is 2.08 bits per heavy atom. The molecule has 3 aromatic rings. The van der Waals surface area contributed by atoms with Crippen molar-refractivity contribution in [3.05, 3.63) is 53.4 Å². The lowest BCUT2D eigenvalue weighted by molar-refractivity contribution is 0.379. The summed E-state index contributed by atoms with van der Waals surface area (Å²) >= 11 is 0. The number of ether oxygens (including phenoxy) is 1. The summed E-state index contributed by atoms with van der Waals surface area (Å²) in [5, 5.41) is 11.3. The van der Waals surface area contributed by atoms with Crippen LogP contribution < -0.4 is 10.1 Å². The van der Waals surface area contributed by atoms with Crippen LogP contribution in [-0.2, 0) is 6.42 Å². The van der Waals surface area contributed by atoms with Crippen LogP contribution in [0, 0.1) is 0 Å². The molecular formula is C19H19N5O2. The zero-order chi connectivity index (χ0) is 18.1. The molecule has 1 aliphatic rings. The molecule has 1 N–H and O–H groups in total. The van der Waals surface area contributed by atoms with Gasteiger partial charge in [-0.25, -0.2) is 4.98 Å². The fraction of sp³-hybridized carbons (Fsp3) is 0.263. The van der Waals surface area contributed by atoms with Crippen LogP contribution in [0.5, 0.6) is 6.01 Å². The maximum Gasteiger partial charge on any atom is 0.316 e. The van der Waals surface area contributed by atoms with Crippen molar-refractivity contribution in [2.45, 2.75) is 26.3 Å². The minimum Gasteiger partial charge on any atom is -0.467 e. The Labute approximate surface area is 151 Å². The molecule has 7 nitrogen and oxygen atoms in total. The van der Waals surface area contributed by atoms with Crippen LogP contribution in [0.2, 0.25) is 0 Å². The maximum atomic E-state index is 5.72. The second kappa shape index (κ2) is 6.59. The second-order valence-electron chi connectivity index (χ2n) is 6.33.